The quantitative estimate of drug-likeness (QED) is 0.585. The van der Waals surface area contributed by atoms with Gasteiger partial charge in [-0.1, -0.05) is 78.3 Å². The summed E-state index contributed by atoms with van der Waals surface area (Å²) < 4.78 is 0. The van der Waals surface area contributed by atoms with E-state index in [1.807, 2.05) is 48.5 Å². The van der Waals surface area contributed by atoms with Gasteiger partial charge in [-0.15, -0.1) is 0 Å². The van der Waals surface area contributed by atoms with Crippen molar-refractivity contribution in [1.82, 2.24) is 10.2 Å². The fourth-order valence-electron chi connectivity index (χ4n) is 3.68. The average Bonchev–Trinajstić information content (AvgIpc) is 2.98. The number of halogens is 1. The molecule has 1 unspecified atom stereocenters. The summed E-state index contributed by atoms with van der Waals surface area (Å²) in [6.07, 6.45) is 0. The van der Waals surface area contributed by atoms with Crippen LogP contribution in [0, 0.1) is 0 Å². The van der Waals surface area contributed by atoms with Gasteiger partial charge in [-0.05, 0) is 24.6 Å². The van der Waals surface area contributed by atoms with E-state index in [-0.39, 0.29) is 0 Å². The number of anilines is 1. The highest BCUT2D eigenvalue weighted by molar-refractivity contribution is 6.32. The Morgan fingerprint density at radius 1 is 0.968 bits per heavy atom. The number of hydrogen-bond donors (Lipinski definition) is 2. The van der Waals surface area contributed by atoms with Crippen LogP contribution in [0.25, 0.3) is 11.1 Å². The Morgan fingerprint density at radius 2 is 1.61 bits per heavy atom. The average molecular weight is 434 g/mol. The Bertz CT molecular complexity index is 1170. The van der Waals surface area contributed by atoms with Gasteiger partial charge in [0, 0.05) is 21.8 Å². The third-order valence-electron chi connectivity index (χ3n) is 5.28. The Labute approximate surface area is 184 Å². The lowest BCUT2D eigenvalue weighted by molar-refractivity contribution is -0.133. The van der Waals surface area contributed by atoms with Gasteiger partial charge >= 0.3 is 6.03 Å². The molecule has 0 saturated carbocycles. The summed E-state index contributed by atoms with van der Waals surface area (Å²) in [5.41, 5.74) is 1.53. The predicted molar refractivity (Wildman–Crippen MR) is 120 cm³/mol. The Balaban J connectivity index is 1.53. The number of benzene rings is 3. The van der Waals surface area contributed by atoms with E-state index in [4.69, 9.17) is 11.6 Å². The number of para-hydroxylation sites is 1. The normalized spacial score (nSPS) is 18.1. The first-order valence-corrected chi connectivity index (χ1v) is 10.1. The first-order valence-electron chi connectivity index (χ1n) is 9.73. The van der Waals surface area contributed by atoms with E-state index >= 15 is 0 Å². The van der Waals surface area contributed by atoms with Crippen LogP contribution < -0.4 is 10.6 Å². The van der Waals surface area contributed by atoms with Gasteiger partial charge in [0.1, 0.15) is 12.1 Å². The van der Waals surface area contributed by atoms with Crippen LogP contribution in [0.5, 0.6) is 0 Å². The molecule has 4 amide bonds. The van der Waals surface area contributed by atoms with Crippen molar-refractivity contribution in [1.29, 1.82) is 0 Å². The first kappa shape index (κ1) is 20.6. The maximum Gasteiger partial charge on any atom is 0.325 e. The third-order valence-corrected chi connectivity index (χ3v) is 5.60. The minimum absolute atomic E-state index is 0.363. The maximum atomic E-state index is 13.1. The summed E-state index contributed by atoms with van der Waals surface area (Å²) in [7, 11) is 0. The van der Waals surface area contributed by atoms with Crippen molar-refractivity contribution in [2.45, 2.75) is 12.5 Å². The van der Waals surface area contributed by atoms with Crippen molar-refractivity contribution >= 4 is 35.1 Å². The van der Waals surface area contributed by atoms with Gasteiger partial charge in [-0.25, -0.2) is 4.79 Å². The lowest BCUT2D eigenvalue weighted by Crippen LogP contribution is -2.42. The zero-order valence-electron chi connectivity index (χ0n) is 16.8. The van der Waals surface area contributed by atoms with Crippen molar-refractivity contribution in [3.05, 3.63) is 89.4 Å². The summed E-state index contributed by atoms with van der Waals surface area (Å²) in [6, 6.07) is 23.2. The Hall–Kier alpha value is -3.64. The molecule has 1 fully saturated rings. The molecule has 6 nitrogen and oxygen atoms in total. The molecule has 156 valence electrons. The molecule has 7 heteroatoms. The topological polar surface area (TPSA) is 78.5 Å². The predicted octanol–water partition coefficient (Wildman–Crippen LogP) is 4.41. The fourth-order valence-corrected chi connectivity index (χ4v) is 4.01. The molecular weight excluding hydrogens is 414 g/mol. The first-order chi connectivity index (χ1) is 14.9. The Kier molecular flexibility index (Phi) is 5.48. The van der Waals surface area contributed by atoms with Crippen molar-refractivity contribution in [2.75, 3.05) is 11.9 Å². The van der Waals surface area contributed by atoms with Crippen LogP contribution in [0.2, 0.25) is 5.02 Å². The van der Waals surface area contributed by atoms with Crippen LogP contribution in [-0.2, 0) is 15.1 Å². The largest absolute Gasteiger partial charge is 0.325 e. The lowest BCUT2D eigenvalue weighted by Gasteiger charge is -2.23. The fraction of sp³-hybridized carbons (Fsp3) is 0.125. The van der Waals surface area contributed by atoms with E-state index < -0.39 is 29.9 Å². The molecule has 2 N–H and O–H groups in total. The van der Waals surface area contributed by atoms with E-state index in [1.54, 1.807) is 37.3 Å². The van der Waals surface area contributed by atoms with Gasteiger partial charge in [0.05, 0.1) is 0 Å². The summed E-state index contributed by atoms with van der Waals surface area (Å²) in [6.45, 7) is 1.17. The number of nitrogens with zero attached hydrogens (tertiary/aromatic N) is 1. The highest BCUT2D eigenvalue weighted by Crippen LogP contribution is 2.33. The van der Waals surface area contributed by atoms with Crippen LogP contribution in [-0.4, -0.2) is 29.3 Å². The number of carbonyl (C=O) groups is 3. The van der Waals surface area contributed by atoms with E-state index in [9.17, 15) is 14.4 Å². The molecule has 4 rings (SSSR count). The van der Waals surface area contributed by atoms with Crippen LogP contribution >= 0.6 is 11.6 Å². The van der Waals surface area contributed by atoms with Gasteiger partial charge in [0.25, 0.3) is 5.91 Å². The summed E-state index contributed by atoms with van der Waals surface area (Å²) in [4.78, 5) is 39.3. The van der Waals surface area contributed by atoms with Gasteiger partial charge < -0.3 is 10.6 Å². The van der Waals surface area contributed by atoms with Gasteiger partial charge in [-0.3, -0.25) is 14.5 Å². The van der Waals surface area contributed by atoms with Gasteiger partial charge in [0.15, 0.2) is 0 Å². The molecule has 0 aliphatic carbocycles. The highest BCUT2D eigenvalue weighted by atomic mass is 35.5. The molecule has 1 atom stereocenters. The van der Waals surface area contributed by atoms with Crippen LogP contribution in [0.15, 0.2) is 78.9 Å². The standard InChI is InChI=1S/C24H20ClN3O3/c1-24(18-12-6-7-13-19(18)25)22(30)28(23(31)27-24)15-21(29)26-20-14-8-5-11-17(20)16-9-3-2-4-10-16/h2-14H,15H2,1H3,(H,26,29)(H,27,31). The number of amides is 4. The third kappa shape index (κ3) is 3.90. The Morgan fingerprint density at radius 3 is 2.35 bits per heavy atom. The van der Waals surface area contributed by atoms with Crippen LogP contribution in [0.1, 0.15) is 12.5 Å². The molecule has 0 radical (unpaired) electrons. The van der Waals surface area contributed by atoms with Crippen LogP contribution in [0.3, 0.4) is 0 Å². The second-order valence-electron chi connectivity index (χ2n) is 7.39. The molecule has 3 aromatic rings. The van der Waals surface area contributed by atoms with Gasteiger partial charge in [-0.2, -0.15) is 0 Å². The molecule has 0 aromatic heterocycles. The summed E-state index contributed by atoms with van der Waals surface area (Å²) in [5, 5.41) is 5.85. The molecule has 1 aliphatic heterocycles. The number of hydrogen-bond acceptors (Lipinski definition) is 3. The monoisotopic (exact) mass is 433 g/mol. The van der Waals surface area contributed by atoms with Crippen molar-refractivity contribution < 1.29 is 14.4 Å². The summed E-state index contributed by atoms with van der Waals surface area (Å²) in [5.74, 6) is -1.01. The molecule has 3 aromatic carbocycles. The molecular formula is C24H20ClN3O3. The second-order valence-corrected chi connectivity index (χ2v) is 7.79. The molecule has 1 aliphatic rings. The minimum atomic E-state index is -1.34. The minimum Gasteiger partial charge on any atom is -0.324 e. The van der Waals surface area contributed by atoms with Crippen LogP contribution in [0.4, 0.5) is 10.5 Å². The SMILES string of the molecule is CC1(c2ccccc2Cl)NC(=O)N(CC(=O)Nc2ccccc2-c2ccccc2)C1=O. The van der Waals surface area contributed by atoms with Crippen molar-refractivity contribution in [3.63, 3.8) is 0 Å². The van der Waals surface area contributed by atoms with E-state index in [0.717, 1.165) is 16.0 Å². The van der Waals surface area contributed by atoms with E-state index in [2.05, 4.69) is 10.6 Å². The highest BCUT2D eigenvalue weighted by Gasteiger charge is 2.50. The number of carbonyl (C=O) groups excluding carboxylic acids is 3. The molecule has 1 heterocycles. The van der Waals surface area contributed by atoms with Crippen molar-refractivity contribution in [2.24, 2.45) is 0 Å². The van der Waals surface area contributed by atoms with Gasteiger partial charge in [0.2, 0.25) is 5.91 Å². The zero-order chi connectivity index (χ0) is 22.0. The summed E-state index contributed by atoms with van der Waals surface area (Å²) >= 11 is 6.24. The smallest absolute Gasteiger partial charge is 0.324 e. The molecule has 0 spiro atoms. The second kappa shape index (κ2) is 8.24. The lowest BCUT2D eigenvalue weighted by atomic mass is 9.92. The number of rotatable bonds is 5. The number of urea groups is 1. The molecule has 31 heavy (non-hydrogen) atoms. The number of imide groups is 1. The number of nitrogens with one attached hydrogen (secondary N) is 2. The molecule has 1 saturated heterocycles. The molecule has 0 bridgehead atoms. The zero-order valence-corrected chi connectivity index (χ0v) is 17.5. The van der Waals surface area contributed by atoms with E-state index in [1.165, 1.54) is 0 Å². The van der Waals surface area contributed by atoms with E-state index in [0.29, 0.717) is 16.3 Å². The maximum absolute atomic E-state index is 13.1. The van der Waals surface area contributed by atoms with Crippen molar-refractivity contribution in [3.8, 4) is 11.1 Å².